The quantitative estimate of drug-likeness (QED) is 0.853. The fraction of sp³-hybridized carbons (Fsp3) is 0.583. The van der Waals surface area contributed by atoms with Crippen molar-refractivity contribution < 1.29 is 14.3 Å². The fourth-order valence-corrected chi connectivity index (χ4v) is 2.02. The number of carboxylic acids is 1. The Bertz CT molecular complexity index is 364. The summed E-state index contributed by atoms with van der Waals surface area (Å²) < 4.78 is 5.23. The first kappa shape index (κ1) is 11.2. The Morgan fingerprint density at radius 2 is 2.19 bits per heavy atom. The number of piperidine rings is 1. The van der Waals surface area contributed by atoms with Crippen molar-refractivity contribution in [3.05, 3.63) is 23.7 Å². The number of aromatic carboxylic acids is 1. The first-order valence-electron chi connectivity index (χ1n) is 5.69. The molecule has 0 bridgehead atoms. The van der Waals surface area contributed by atoms with Crippen LogP contribution in [0.3, 0.4) is 0 Å². The van der Waals surface area contributed by atoms with Gasteiger partial charge in [0.2, 0.25) is 5.76 Å². The summed E-state index contributed by atoms with van der Waals surface area (Å²) in [6.07, 6.45) is 2.43. The minimum Gasteiger partial charge on any atom is -0.475 e. The second-order valence-electron chi connectivity index (χ2n) is 4.53. The molecule has 1 aromatic rings. The van der Waals surface area contributed by atoms with Gasteiger partial charge in [-0.3, -0.25) is 4.90 Å². The fourth-order valence-electron chi connectivity index (χ4n) is 2.02. The summed E-state index contributed by atoms with van der Waals surface area (Å²) in [5.41, 5.74) is 0. The molecular weight excluding hydrogens is 206 g/mol. The second-order valence-corrected chi connectivity index (χ2v) is 4.53. The summed E-state index contributed by atoms with van der Waals surface area (Å²) in [6.45, 7) is 5.14. The van der Waals surface area contributed by atoms with E-state index in [0.717, 1.165) is 31.3 Å². The van der Waals surface area contributed by atoms with Gasteiger partial charge in [0.25, 0.3) is 0 Å². The normalized spacial score (nSPS) is 18.8. The molecule has 1 aliphatic heterocycles. The molecule has 2 heterocycles. The number of rotatable bonds is 3. The molecule has 0 aromatic carbocycles. The predicted molar refractivity (Wildman–Crippen MR) is 59.3 cm³/mol. The summed E-state index contributed by atoms with van der Waals surface area (Å²) in [5.74, 6) is 0.577. The van der Waals surface area contributed by atoms with Gasteiger partial charge < -0.3 is 9.52 Å². The molecule has 0 atom stereocenters. The number of carboxylic acid groups (broad SMARTS) is 1. The van der Waals surface area contributed by atoms with E-state index in [1.807, 2.05) is 0 Å². The molecule has 0 aliphatic carbocycles. The molecule has 88 valence electrons. The van der Waals surface area contributed by atoms with Gasteiger partial charge in [0.1, 0.15) is 5.76 Å². The molecule has 1 aliphatic rings. The van der Waals surface area contributed by atoms with E-state index >= 15 is 0 Å². The minimum absolute atomic E-state index is 0.0281. The van der Waals surface area contributed by atoms with E-state index in [1.54, 1.807) is 6.07 Å². The Morgan fingerprint density at radius 3 is 2.75 bits per heavy atom. The highest BCUT2D eigenvalue weighted by Crippen LogP contribution is 2.19. The highest BCUT2D eigenvalue weighted by molar-refractivity contribution is 5.84. The van der Waals surface area contributed by atoms with E-state index in [1.165, 1.54) is 18.9 Å². The SMILES string of the molecule is CC1CCN(Cc2ccc(C(=O)O)o2)CC1. The van der Waals surface area contributed by atoms with Crippen molar-refractivity contribution in [3.63, 3.8) is 0 Å². The van der Waals surface area contributed by atoms with Gasteiger partial charge in [-0.1, -0.05) is 6.92 Å². The van der Waals surface area contributed by atoms with Gasteiger partial charge in [-0.25, -0.2) is 4.79 Å². The zero-order valence-electron chi connectivity index (χ0n) is 9.48. The van der Waals surface area contributed by atoms with E-state index in [-0.39, 0.29) is 5.76 Å². The lowest BCUT2D eigenvalue weighted by atomic mass is 9.99. The van der Waals surface area contributed by atoms with Crippen LogP contribution in [0.4, 0.5) is 0 Å². The third-order valence-electron chi connectivity index (χ3n) is 3.13. The molecule has 1 N–H and O–H groups in total. The Kier molecular flexibility index (Phi) is 3.29. The third kappa shape index (κ3) is 2.64. The average molecular weight is 223 g/mol. The summed E-state index contributed by atoms with van der Waals surface area (Å²) in [6, 6.07) is 3.27. The number of likely N-dealkylation sites (tertiary alicyclic amines) is 1. The smallest absolute Gasteiger partial charge is 0.371 e. The van der Waals surface area contributed by atoms with Crippen LogP contribution in [0.15, 0.2) is 16.5 Å². The highest BCUT2D eigenvalue weighted by atomic mass is 16.4. The summed E-state index contributed by atoms with van der Waals surface area (Å²) in [4.78, 5) is 13.0. The lowest BCUT2D eigenvalue weighted by molar-refractivity contribution is 0.0657. The van der Waals surface area contributed by atoms with Crippen LogP contribution in [0, 0.1) is 5.92 Å². The van der Waals surface area contributed by atoms with Crippen molar-refractivity contribution >= 4 is 5.97 Å². The highest BCUT2D eigenvalue weighted by Gasteiger charge is 2.17. The van der Waals surface area contributed by atoms with Gasteiger partial charge in [0.15, 0.2) is 0 Å². The lowest BCUT2D eigenvalue weighted by Gasteiger charge is -2.29. The van der Waals surface area contributed by atoms with Gasteiger partial charge in [0, 0.05) is 0 Å². The minimum atomic E-state index is -1.00. The molecule has 0 unspecified atom stereocenters. The van der Waals surface area contributed by atoms with Crippen molar-refractivity contribution in [2.45, 2.75) is 26.3 Å². The molecule has 0 spiro atoms. The molecule has 1 aromatic heterocycles. The Labute approximate surface area is 94.9 Å². The first-order valence-corrected chi connectivity index (χ1v) is 5.69. The number of nitrogens with zero attached hydrogens (tertiary/aromatic N) is 1. The van der Waals surface area contributed by atoms with Crippen LogP contribution in [0.2, 0.25) is 0 Å². The summed E-state index contributed by atoms with van der Waals surface area (Å²) in [7, 11) is 0. The predicted octanol–water partition coefficient (Wildman–Crippen LogP) is 2.21. The monoisotopic (exact) mass is 223 g/mol. The maximum absolute atomic E-state index is 10.6. The van der Waals surface area contributed by atoms with Crippen molar-refractivity contribution in [1.82, 2.24) is 4.90 Å². The zero-order chi connectivity index (χ0) is 11.5. The van der Waals surface area contributed by atoms with Crippen LogP contribution < -0.4 is 0 Å². The molecule has 1 fully saturated rings. The molecule has 4 heteroatoms. The van der Waals surface area contributed by atoms with E-state index in [0.29, 0.717) is 0 Å². The van der Waals surface area contributed by atoms with Gasteiger partial charge in [-0.15, -0.1) is 0 Å². The molecule has 1 saturated heterocycles. The standard InChI is InChI=1S/C12H17NO3/c1-9-4-6-13(7-5-9)8-10-2-3-11(16-10)12(14)15/h2-3,9H,4-8H2,1H3,(H,14,15). The average Bonchev–Trinajstić information content (AvgIpc) is 2.70. The summed E-state index contributed by atoms with van der Waals surface area (Å²) >= 11 is 0. The second kappa shape index (κ2) is 4.70. The first-order chi connectivity index (χ1) is 7.65. The van der Waals surface area contributed by atoms with E-state index < -0.39 is 5.97 Å². The molecule has 0 radical (unpaired) electrons. The van der Waals surface area contributed by atoms with E-state index in [2.05, 4.69) is 11.8 Å². The molecule has 0 saturated carbocycles. The lowest BCUT2D eigenvalue weighted by Crippen LogP contribution is -2.32. The number of furan rings is 1. The van der Waals surface area contributed by atoms with Crippen LogP contribution in [-0.4, -0.2) is 29.1 Å². The molecule has 0 amide bonds. The van der Waals surface area contributed by atoms with Crippen LogP contribution >= 0.6 is 0 Å². The van der Waals surface area contributed by atoms with Crippen LogP contribution in [0.5, 0.6) is 0 Å². The van der Waals surface area contributed by atoms with Gasteiger partial charge in [-0.2, -0.15) is 0 Å². The topological polar surface area (TPSA) is 53.7 Å². The van der Waals surface area contributed by atoms with Gasteiger partial charge in [-0.05, 0) is 44.0 Å². The Morgan fingerprint density at radius 1 is 1.50 bits per heavy atom. The van der Waals surface area contributed by atoms with E-state index in [9.17, 15) is 4.79 Å². The van der Waals surface area contributed by atoms with Gasteiger partial charge in [0.05, 0.1) is 6.54 Å². The number of hydrogen-bond acceptors (Lipinski definition) is 3. The van der Waals surface area contributed by atoms with Crippen LogP contribution in [0.1, 0.15) is 36.1 Å². The van der Waals surface area contributed by atoms with Crippen molar-refractivity contribution in [3.8, 4) is 0 Å². The van der Waals surface area contributed by atoms with Gasteiger partial charge >= 0.3 is 5.97 Å². The third-order valence-corrected chi connectivity index (χ3v) is 3.13. The van der Waals surface area contributed by atoms with E-state index in [4.69, 9.17) is 9.52 Å². The van der Waals surface area contributed by atoms with Crippen molar-refractivity contribution in [2.75, 3.05) is 13.1 Å². The van der Waals surface area contributed by atoms with Crippen molar-refractivity contribution in [2.24, 2.45) is 5.92 Å². The molecule has 4 nitrogen and oxygen atoms in total. The Hall–Kier alpha value is -1.29. The zero-order valence-corrected chi connectivity index (χ0v) is 9.48. The maximum Gasteiger partial charge on any atom is 0.371 e. The molecule has 2 rings (SSSR count). The number of carbonyl (C=O) groups is 1. The van der Waals surface area contributed by atoms with Crippen molar-refractivity contribution in [1.29, 1.82) is 0 Å². The Balaban J connectivity index is 1.91. The summed E-state index contributed by atoms with van der Waals surface area (Å²) in [5, 5.41) is 8.73. The maximum atomic E-state index is 10.6. The molecular formula is C12H17NO3. The molecule has 16 heavy (non-hydrogen) atoms. The number of hydrogen-bond donors (Lipinski definition) is 1. The van der Waals surface area contributed by atoms with Crippen LogP contribution in [0.25, 0.3) is 0 Å². The van der Waals surface area contributed by atoms with Crippen LogP contribution in [-0.2, 0) is 6.54 Å². The largest absolute Gasteiger partial charge is 0.475 e.